The van der Waals surface area contributed by atoms with Gasteiger partial charge in [-0.3, -0.25) is 4.79 Å². The van der Waals surface area contributed by atoms with Crippen LogP contribution in [-0.4, -0.2) is 36.4 Å². The highest BCUT2D eigenvalue weighted by atomic mass is 16.1. The second-order valence-corrected chi connectivity index (χ2v) is 12.9. The van der Waals surface area contributed by atoms with Gasteiger partial charge in [0, 0.05) is 12.3 Å². The standard InChI is InChI=1S/C27H46NO/c1-19(29)23-10-11-24-22-9-8-20-18-21(28(4)16-6-5-7-17-28)12-14-26(20,2)25(22)13-15-27(23,24)3/h20-25H,5-18H2,1-4H3/q+1. The molecular weight excluding hydrogens is 354 g/mol. The summed E-state index contributed by atoms with van der Waals surface area (Å²) in [4.78, 5) is 12.4. The van der Waals surface area contributed by atoms with Crippen molar-refractivity contribution in [3.8, 4) is 0 Å². The zero-order valence-electron chi connectivity index (χ0n) is 19.7. The van der Waals surface area contributed by atoms with E-state index in [9.17, 15) is 4.79 Å². The van der Waals surface area contributed by atoms with Gasteiger partial charge in [0.2, 0.25) is 0 Å². The molecule has 2 heteroatoms. The molecule has 29 heavy (non-hydrogen) atoms. The molecule has 1 saturated heterocycles. The number of nitrogens with zero attached hydrogens (tertiary/aromatic N) is 1. The van der Waals surface area contributed by atoms with Crippen LogP contribution >= 0.6 is 0 Å². The van der Waals surface area contributed by atoms with Crippen LogP contribution in [0.2, 0.25) is 0 Å². The molecule has 0 amide bonds. The van der Waals surface area contributed by atoms with E-state index in [4.69, 9.17) is 0 Å². The Kier molecular flexibility index (Phi) is 5.01. The first-order valence-electron chi connectivity index (χ1n) is 13.1. The highest BCUT2D eigenvalue weighted by Crippen LogP contribution is 2.67. The summed E-state index contributed by atoms with van der Waals surface area (Å²) in [6.07, 6.45) is 17.0. The minimum Gasteiger partial charge on any atom is -0.324 e. The van der Waals surface area contributed by atoms with Crippen molar-refractivity contribution in [1.82, 2.24) is 0 Å². The first kappa shape index (κ1) is 20.5. The summed E-state index contributed by atoms with van der Waals surface area (Å²) in [5.74, 6) is 4.49. The van der Waals surface area contributed by atoms with Gasteiger partial charge in [-0.05, 0) is 112 Å². The largest absolute Gasteiger partial charge is 0.324 e. The number of hydrogen-bond acceptors (Lipinski definition) is 1. The Labute approximate surface area is 179 Å². The maximum atomic E-state index is 12.4. The number of carbonyl (C=O) groups excluding carboxylic acids is 1. The van der Waals surface area contributed by atoms with Gasteiger partial charge in [-0.25, -0.2) is 0 Å². The first-order chi connectivity index (χ1) is 13.8. The van der Waals surface area contributed by atoms with Crippen LogP contribution in [0, 0.1) is 40.4 Å². The molecule has 0 spiro atoms. The van der Waals surface area contributed by atoms with Gasteiger partial charge in [0.1, 0.15) is 5.78 Å². The Bertz CT molecular complexity index is 651. The lowest BCUT2D eigenvalue weighted by atomic mass is 9.44. The zero-order chi connectivity index (χ0) is 20.4. The van der Waals surface area contributed by atoms with Gasteiger partial charge in [-0.15, -0.1) is 0 Å². The van der Waals surface area contributed by atoms with Crippen molar-refractivity contribution in [2.75, 3.05) is 20.1 Å². The van der Waals surface area contributed by atoms with Crippen LogP contribution in [0.15, 0.2) is 0 Å². The number of Topliss-reactive ketones (excluding diaryl/α,β-unsaturated/α-hetero) is 1. The fourth-order valence-corrected chi connectivity index (χ4v) is 10.1. The molecule has 5 aliphatic rings. The molecule has 0 radical (unpaired) electrons. The van der Waals surface area contributed by atoms with Gasteiger partial charge in [0.05, 0.1) is 26.2 Å². The van der Waals surface area contributed by atoms with Gasteiger partial charge in [0.25, 0.3) is 0 Å². The summed E-state index contributed by atoms with van der Waals surface area (Å²) in [5.41, 5.74) is 0.907. The molecule has 164 valence electrons. The van der Waals surface area contributed by atoms with Gasteiger partial charge in [-0.2, -0.15) is 0 Å². The molecule has 4 saturated carbocycles. The Hall–Kier alpha value is -0.370. The minimum absolute atomic E-state index is 0.319. The fourth-order valence-electron chi connectivity index (χ4n) is 10.1. The highest BCUT2D eigenvalue weighted by Gasteiger charge is 2.61. The van der Waals surface area contributed by atoms with Crippen LogP contribution in [0.4, 0.5) is 0 Å². The maximum Gasteiger partial charge on any atom is 0.133 e. The molecule has 8 atom stereocenters. The number of piperidine rings is 1. The smallest absolute Gasteiger partial charge is 0.133 e. The molecular formula is C27H46NO+. The van der Waals surface area contributed by atoms with E-state index in [1.807, 2.05) is 6.92 Å². The Morgan fingerprint density at radius 3 is 2.24 bits per heavy atom. The second-order valence-electron chi connectivity index (χ2n) is 12.9. The molecule has 4 aliphatic carbocycles. The predicted molar refractivity (Wildman–Crippen MR) is 119 cm³/mol. The van der Waals surface area contributed by atoms with Crippen LogP contribution in [0.3, 0.4) is 0 Å². The molecule has 0 aromatic carbocycles. The summed E-state index contributed by atoms with van der Waals surface area (Å²) in [5, 5.41) is 0. The molecule has 8 unspecified atom stereocenters. The van der Waals surface area contributed by atoms with Crippen LogP contribution in [0.1, 0.15) is 97.8 Å². The summed E-state index contributed by atoms with van der Waals surface area (Å²) >= 11 is 0. The number of hydrogen-bond donors (Lipinski definition) is 0. The molecule has 0 aromatic rings. The van der Waals surface area contributed by atoms with Crippen molar-refractivity contribution < 1.29 is 9.28 Å². The van der Waals surface area contributed by atoms with Crippen LogP contribution in [0.5, 0.6) is 0 Å². The van der Waals surface area contributed by atoms with E-state index in [2.05, 4.69) is 20.9 Å². The van der Waals surface area contributed by atoms with Crippen molar-refractivity contribution in [2.45, 2.75) is 104 Å². The Balaban J connectivity index is 1.34. The van der Waals surface area contributed by atoms with Crippen LogP contribution in [0.25, 0.3) is 0 Å². The van der Waals surface area contributed by atoms with E-state index in [-0.39, 0.29) is 0 Å². The highest BCUT2D eigenvalue weighted by molar-refractivity contribution is 5.79. The van der Waals surface area contributed by atoms with E-state index >= 15 is 0 Å². The fraction of sp³-hybridized carbons (Fsp3) is 0.963. The average Bonchev–Trinajstić information content (AvgIpc) is 3.05. The lowest BCUT2D eigenvalue weighted by Crippen LogP contribution is -2.60. The van der Waals surface area contributed by atoms with Crippen molar-refractivity contribution in [2.24, 2.45) is 40.4 Å². The van der Waals surface area contributed by atoms with E-state index in [1.54, 1.807) is 0 Å². The number of quaternary nitrogens is 1. The van der Waals surface area contributed by atoms with E-state index in [0.29, 0.717) is 22.5 Å². The summed E-state index contributed by atoms with van der Waals surface area (Å²) in [6.45, 7) is 9.95. The molecule has 5 rings (SSSR count). The maximum absolute atomic E-state index is 12.4. The zero-order valence-corrected chi connectivity index (χ0v) is 19.7. The molecule has 0 N–H and O–H groups in total. The lowest BCUT2D eigenvalue weighted by Gasteiger charge is -2.62. The SMILES string of the molecule is CC(=O)C1CCC2C3CCC4CC([N+]5(C)CCCCC5)CCC4(C)C3CCC12C. The number of ketones is 1. The Morgan fingerprint density at radius 1 is 0.828 bits per heavy atom. The van der Waals surface area contributed by atoms with Crippen LogP contribution < -0.4 is 0 Å². The summed E-state index contributed by atoms with van der Waals surface area (Å²) < 4.78 is 1.39. The van der Waals surface area contributed by atoms with Gasteiger partial charge >= 0.3 is 0 Å². The molecule has 2 nitrogen and oxygen atoms in total. The third kappa shape index (κ3) is 3.01. The first-order valence-corrected chi connectivity index (χ1v) is 13.1. The third-order valence-corrected chi connectivity index (χ3v) is 11.8. The quantitative estimate of drug-likeness (QED) is 0.502. The molecule has 1 heterocycles. The number of fused-ring (bicyclic) bond motifs is 5. The summed E-state index contributed by atoms with van der Waals surface area (Å²) in [6, 6.07) is 0.937. The topological polar surface area (TPSA) is 17.1 Å². The molecule has 0 aromatic heterocycles. The number of likely N-dealkylation sites (tertiary alicyclic amines) is 1. The Morgan fingerprint density at radius 2 is 1.52 bits per heavy atom. The van der Waals surface area contributed by atoms with Gasteiger partial charge in [0.15, 0.2) is 0 Å². The van der Waals surface area contributed by atoms with Crippen molar-refractivity contribution >= 4 is 5.78 Å². The summed E-state index contributed by atoms with van der Waals surface area (Å²) in [7, 11) is 2.59. The molecule has 5 fully saturated rings. The monoisotopic (exact) mass is 400 g/mol. The lowest BCUT2D eigenvalue weighted by molar-refractivity contribution is -0.939. The van der Waals surface area contributed by atoms with E-state index in [1.165, 1.54) is 94.6 Å². The van der Waals surface area contributed by atoms with Gasteiger partial charge < -0.3 is 4.48 Å². The van der Waals surface area contributed by atoms with E-state index in [0.717, 1.165) is 29.7 Å². The molecule has 0 bridgehead atoms. The second kappa shape index (κ2) is 7.07. The minimum atomic E-state index is 0.319. The number of carbonyl (C=O) groups is 1. The van der Waals surface area contributed by atoms with Crippen molar-refractivity contribution in [3.05, 3.63) is 0 Å². The van der Waals surface area contributed by atoms with Crippen molar-refractivity contribution in [1.29, 1.82) is 0 Å². The average molecular weight is 401 g/mol. The predicted octanol–water partition coefficient (Wildman–Crippen LogP) is 6.23. The van der Waals surface area contributed by atoms with E-state index < -0.39 is 0 Å². The van der Waals surface area contributed by atoms with Gasteiger partial charge in [-0.1, -0.05) is 13.8 Å². The van der Waals surface area contributed by atoms with Crippen molar-refractivity contribution in [3.63, 3.8) is 0 Å². The van der Waals surface area contributed by atoms with Crippen LogP contribution in [-0.2, 0) is 4.79 Å². The molecule has 1 aliphatic heterocycles. The number of rotatable bonds is 2. The normalized spacial score (nSPS) is 51.6. The third-order valence-electron chi connectivity index (χ3n) is 11.8.